The lowest BCUT2D eigenvalue weighted by Crippen LogP contribution is -2.07. The van der Waals surface area contributed by atoms with Crippen LogP contribution in [0.1, 0.15) is 10.4 Å². The predicted octanol–water partition coefficient (Wildman–Crippen LogP) is 5.18. The second-order valence-electron chi connectivity index (χ2n) is 3.95. The van der Waals surface area contributed by atoms with Gasteiger partial charge in [0.15, 0.2) is 0 Å². The van der Waals surface area contributed by atoms with E-state index in [9.17, 15) is 13.2 Å². The van der Waals surface area contributed by atoms with Gasteiger partial charge in [0.2, 0.25) is 0 Å². The number of halogens is 4. The zero-order valence-electron chi connectivity index (χ0n) is 9.80. The third-order valence-corrected chi connectivity index (χ3v) is 4.16. The summed E-state index contributed by atoms with van der Waals surface area (Å²) in [5.74, 6) is 0. The van der Waals surface area contributed by atoms with Crippen LogP contribution < -0.4 is 5.32 Å². The van der Waals surface area contributed by atoms with Crippen molar-refractivity contribution >= 4 is 33.0 Å². The summed E-state index contributed by atoms with van der Waals surface area (Å²) < 4.78 is 37.9. The molecule has 6 heteroatoms. The lowest BCUT2D eigenvalue weighted by molar-refractivity contribution is -0.137. The molecule has 0 saturated carbocycles. The number of hydrogen-bond donors (Lipinski definition) is 1. The van der Waals surface area contributed by atoms with Crippen LogP contribution in [-0.4, -0.2) is 6.54 Å². The van der Waals surface area contributed by atoms with E-state index < -0.39 is 11.7 Å². The van der Waals surface area contributed by atoms with E-state index in [0.717, 1.165) is 18.6 Å². The summed E-state index contributed by atoms with van der Waals surface area (Å²) in [4.78, 5) is 1.25. The van der Waals surface area contributed by atoms with Gasteiger partial charge in [0, 0.05) is 21.6 Å². The lowest BCUT2D eigenvalue weighted by Gasteiger charge is -2.11. The van der Waals surface area contributed by atoms with E-state index >= 15 is 0 Å². The monoisotopic (exact) mass is 349 g/mol. The number of nitrogens with one attached hydrogen (secondary N) is 1. The highest BCUT2D eigenvalue weighted by molar-refractivity contribution is 9.10. The molecule has 0 aliphatic rings. The quantitative estimate of drug-likeness (QED) is 0.801. The number of anilines is 1. The van der Waals surface area contributed by atoms with Crippen molar-refractivity contribution in [3.8, 4) is 0 Å². The van der Waals surface area contributed by atoms with Crippen molar-refractivity contribution in [1.82, 2.24) is 0 Å². The molecule has 1 aromatic heterocycles. The number of benzene rings is 1. The van der Waals surface area contributed by atoms with Crippen LogP contribution in [0.2, 0.25) is 0 Å². The molecule has 0 fully saturated rings. The van der Waals surface area contributed by atoms with Crippen molar-refractivity contribution in [2.24, 2.45) is 0 Å². The fraction of sp³-hybridized carbons (Fsp3) is 0.231. The maximum Gasteiger partial charge on any atom is 0.416 e. The van der Waals surface area contributed by atoms with E-state index in [1.165, 1.54) is 10.9 Å². The Bertz CT molecular complexity index is 537. The molecule has 0 aliphatic heterocycles. The number of thiophene rings is 1. The maximum absolute atomic E-state index is 12.5. The SMILES string of the molecule is FC(F)(F)c1ccc(NCCc2cccs2)c(Br)c1. The summed E-state index contributed by atoms with van der Waals surface area (Å²) >= 11 is 4.83. The molecule has 0 unspecified atom stereocenters. The van der Waals surface area contributed by atoms with Crippen molar-refractivity contribution in [2.75, 3.05) is 11.9 Å². The van der Waals surface area contributed by atoms with Gasteiger partial charge in [-0.15, -0.1) is 11.3 Å². The first-order chi connectivity index (χ1) is 8.97. The molecule has 0 amide bonds. The average molecular weight is 350 g/mol. The summed E-state index contributed by atoms with van der Waals surface area (Å²) in [5, 5.41) is 5.13. The predicted molar refractivity (Wildman–Crippen MR) is 75.7 cm³/mol. The van der Waals surface area contributed by atoms with Crippen LogP contribution in [-0.2, 0) is 12.6 Å². The summed E-state index contributed by atoms with van der Waals surface area (Å²) in [6, 6.07) is 7.63. The molecule has 19 heavy (non-hydrogen) atoms. The van der Waals surface area contributed by atoms with Gasteiger partial charge in [-0.3, -0.25) is 0 Å². The molecule has 2 aromatic rings. The molecule has 102 valence electrons. The second-order valence-corrected chi connectivity index (χ2v) is 5.84. The second kappa shape index (κ2) is 5.96. The van der Waals surface area contributed by atoms with Gasteiger partial charge in [-0.1, -0.05) is 6.07 Å². The van der Waals surface area contributed by atoms with Crippen LogP contribution >= 0.6 is 27.3 Å². The van der Waals surface area contributed by atoms with Crippen LogP contribution in [0.15, 0.2) is 40.2 Å². The number of alkyl halides is 3. The molecule has 1 aromatic carbocycles. The van der Waals surface area contributed by atoms with Gasteiger partial charge in [0.1, 0.15) is 0 Å². The molecule has 0 bridgehead atoms. The smallest absolute Gasteiger partial charge is 0.384 e. The van der Waals surface area contributed by atoms with Crippen molar-refractivity contribution < 1.29 is 13.2 Å². The summed E-state index contributed by atoms with van der Waals surface area (Å²) in [6.07, 6.45) is -3.46. The van der Waals surface area contributed by atoms with E-state index in [1.54, 1.807) is 11.3 Å². The zero-order valence-corrected chi connectivity index (χ0v) is 12.2. The van der Waals surface area contributed by atoms with Crippen LogP contribution in [0, 0.1) is 0 Å². The van der Waals surface area contributed by atoms with Crippen molar-refractivity contribution in [2.45, 2.75) is 12.6 Å². The first kappa shape index (κ1) is 14.4. The summed E-state index contributed by atoms with van der Waals surface area (Å²) in [5.41, 5.74) is 0.0211. The normalized spacial score (nSPS) is 11.6. The first-order valence-electron chi connectivity index (χ1n) is 5.60. The molecular weight excluding hydrogens is 339 g/mol. The highest BCUT2D eigenvalue weighted by atomic mass is 79.9. The van der Waals surface area contributed by atoms with Gasteiger partial charge in [0.05, 0.1) is 5.56 Å². The summed E-state index contributed by atoms with van der Waals surface area (Å²) in [6.45, 7) is 0.685. The Kier molecular flexibility index (Phi) is 4.52. The topological polar surface area (TPSA) is 12.0 Å². The molecule has 2 rings (SSSR count). The minimum Gasteiger partial charge on any atom is -0.384 e. The number of hydrogen-bond acceptors (Lipinski definition) is 2. The van der Waals surface area contributed by atoms with Crippen molar-refractivity contribution in [3.05, 3.63) is 50.6 Å². The van der Waals surface area contributed by atoms with E-state index in [4.69, 9.17) is 0 Å². The van der Waals surface area contributed by atoms with Gasteiger partial charge >= 0.3 is 6.18 Å². The molecule has 1 nitrogen and oxygen atoms in total. The molecular formula is C13H11BrF3NS. The van der Waals surface area contributed by atoms with Gasteiger partial charge in [-0.2, -0.15) is 13.2 Å². The Labute approximate surface area is 121 Å². The Morgan fingerprint density at radius 3 is 2.58 bits per heavy atom. The molecule has 0 aliphatic carbocycles. The Hall–Kier alpha value is -1.01. The van der Waals surface area contributed by atoms with E-state index in [-0.39, 0.29) is 0 Å². The molecule has 1 heterocycles. The first-order valence-corrected chi connectivity index (χ1v) is 7.27. The van der Waals surface area contributed by atoms with E-state index in [2.05, 4.69) is 21.2 Å². The minimum absolute atomic E-state index is 0.425. The van der Waals surface area contributed by atoms with E-state index in [1.807, 2.05) is 17.5 Å². The molecule has 0 saturated heterocycles. The van der Waals surface area contributed by atoms with Crippen LogP contribution in [0.25, 0.3) is 0 Å². The van der Waals surface area contributed by atoms with Crippen molar-refractivity contribution in [3.63, 3.8) is 0 Å². The van der Waals surface area contributed by atoms with Crippen molar-refractivity contribution in [1.29, 1.82) is 0 Å². The molecule has 1 N–H and O–H groups in total. The Morgan fingerprint density at radius 1 is 1.21 bits per heavy atom. The maximum atomic E-state index is 12.5. The lowest BCUT2D eigenvalue weighted by atomic mass is 10.2. The largest absolute Gasteiger partial charge is 0.416 e. The highest BCUT2D eigenvalue weighted by Gasteiger charge is 2.30. The third kappa shape index (κ3) is 3.98. The van der Waals surface area contributed by atoms with E-state index in [0.29, 0.717) is 16.7 Å². The van der Waals surface area contributed by atoms with Crippen LogP contribution in [0.4, 0.5) is 18.9 Å². The molecule has 0 spiro atoms. The van der Waals surface area contributed by atoms with Crippen LogP contribution in [0.5, 0.6) is 0 Å². The fourth-order valence-corrected chi connectivity index (χ4v) is 2.84. The van der Waals surface area contributed by atoms with Gasteiger partial charge in [-0.05, 0) is 52.0 Å². The minimum atomic E-state index is -4.31. The highest BCUT2D eigenvalue weighted by Crippen LogP contribution is 2.33. The zero-order chi connectivity index (χ0) is 13.9. The Balaban J connectivity index is 1.97. The third-order valence-electron chi connectivity index (χ3n) is 2.56. The van der Waals surface area contributed by atoms with Gasteiger partial charge < -0.3 is 5.32 Å². The van der Waals surface area contributed by atoms with Gasteiger partial charge in [-0.25, -0.2) is 0 Å². The Morgan fingerprint density at radius 2 is 2.00 bits per heavy atom. The molecule has 0 radical (unpaired) electrons. The summed E-state index contributed by atoms with van der Waals surface area (Å²) in [7, 11) is 0. The van der Waals surface area contributed by atoms with Gasteiger partial charge in [0.25, 0.3) is 0 Å². The average Bonchev–Trinajstić information content (AvgIpc) is 2.83. The number of rotatable bonds is 4. The fourth-order valence-electron chi connectivity index (χ4n) is 1.61. The molecule has 0 atom stereocenters. The van der Waals surface area contributed by atoms with Crippen LogP contribution in [0.3, 0.4) is 0 Å². The standard InChI is InChI=1S/C13H11BrF3NS/c14-11-8-9(13(15,16)17)3-4-12(11)18-6-5-10-2-1-7-19-10/h1-4,7-8,18H,5-6H2.